The van der Waals surface area contributed by atoms with Gasteiger partial charge in [-0.25, -0.2) is 0 Å². The quantitative estimate of drug-likeness (QED) is 0.626. The molecule has 1 atom stereocenters. The molecule has 2 N–H and O–H groups in total. The van der Waals surface area contributed by atoms with E-state index in [1.54, 1.807) is 18.4 Å². The van der Waals surface area contributed by atoms with Crippen molar-refractivity contribution in [1.82, 2.24) is 34.4 Å². The Hall–Kier alpha value is -3.21. The van der Waals surface area contributed by atoms with Gasteiger partial charge >= 0.3 is 0 Å². The van der Waals surface area contributed by atoms with E-state index in [1.165, 1.54) is 4.52 Å². The van der Waals surface area contributed by atoms with Crippen molar-refractivity contribution in [3.05, 3.63) is 18.4 Å². The number of hydrogen-bond donors (Lipinski definition) is 1. The van der Waals surface area contributed by atoms with Crippen molar-refractivity contribution in [3.63, 3.8) is 0 Å². The Kier molecular flexibility index (Phi) is 5.43. The first kappa shape index (κ1) is 21.6. The molecule has 5 heterocycles. The van der Waals surface area contributed by atoms with Crippen molar-refractivity contribution in [1.29, 1.82) is 0 Å². The number of nitrogens with zero attached hydrogens (tertiary/aromatic N) is 8. The molecule has 33 heavy (non-hydrogen) atoms. The Bertz CT molecular complexity index is 1130. The minimum atomic E-state index is -0.284. The molecule has 2 fully saturated rings. The largest absolute Gasteiger partial charge is 0.461 e. The predicted octanol–water partition coefficient (Wildman–Crippen LogP) is 1.52. The summed E-state index contributed by atoms with van der Waals surface area (Å²) >= 11 is 0. The predicted molar refractivity (Wildman–Crippen MR) is 124 cm³/mol. The molecule has 0 unspecified atom stereocenters. The van der Waals surface area contributed by atoms with Gasteiger partial charge in [0.05, 0.1) is 6.26 Å². The van der Waals surface area contributed by atoms with E-state index < -0.39 is 0 Å². The molecular weight excluding hydrogens is 422 g/mol. The van der Waals surface area contributed by atoms with Crippen LogP contribution in [0.4, 0.5) is 11.9 Å². The second-order valence-electron chi connectivity index (χ2n) is 10.0. The van der Waals surface area contributed by atoms with Crippen molar-refractivity contribution in [2.45, 2.75) is 39.7 Å². The monoisotopic (exact) mass is 453 g/mol. The molecule has 0 aliphatic carbocycles. The molecule has 5 rings (SSSR count). The molecule has 11 nitrogen and oxygen atoms in total. The van der Waals surface area contributed by atoms with E-state index in [0.717, 1.165) is 45.6 Å². The molecule has 0 bridgehead atoms. The first-order valence-electron chi connectivity index (χ1n) is 11.5. The van der Waals surface area contributed by atoms with Gasteiger partial charge in [-0.05, 0) is 30.4 Å². The third kappa shape index (κ3) is 4.37. The third-order valence-corrected chi connectivity index (χ3v) is 6.14. The number of rotatable bonds is 4. The Labute approximate surface area is 192 Å². The summed E-state index contributed by atoms with van der Waals surface area (Å²) in [5.41, 5.74) is 6.43. The molecule has 3 aromatic rings. The van der Waals surface area contributed by atoms with Crippen molar-refractivity contribution >= 4 is 23.6 Å². The van der Waals surface area contributed by atoms with Crippen LogP contribution in [-0.2, 0) is 4.79 Å². The molecule has 2 aliphatic rings. The van der Waals surface area contributed by atoms with Crippen molar-refractivity contribution in [3.8, 4) is 11.6 Å². The second-order valence-corrected chi connectivity index (χ2v) is 10.0. The molecule has 11 heteroatoms. The van der Waals surface area contributed by atoms with Crippen molar-refractivity contribution in [2.75, 3.05) is 49.9 Å². The summed E-state index contributed by atoms with van der Waals surface area (Å²) in [5, 5.41) is 4.35. The van der Waals surface area contributed by atoms with Crippen LogP contribution >= 0.6 is 0 Å². The van der Waals surface area contributed by atoms with Gasteiger partial charge in [-0.15, -0.1) is 5.10 Å². The van der Waals surface area contributed by atoms with Crippen LogP contribution in [0.25, 0.3) is 17.4 Å². The van der Waals surface area contributed by atoms with Crippen LogP contribution in [0.2, 0.25) is 0 Å². The number of carbonyl (C=O) groups excluding carboxylic acids is 1. The number of amides is 1. The summed E-state index contributed by atoms with van der Waals surface area (Å²) < 4.78 is 6.77. The molecule has 2 aliphatic heterocycles. The summed E-state index contributed by atoms with van der Waals surface area (Å²) in [6.45, 7) is 11.8. The minimum Gasteiger partial charge on any atom is -0.461 e. The zero-order chi connectivity index (χ0) is 23.2. The Morgan fingerprint density at radius 1 is 1.15 bits per heavy atom. The first-order valence-corrected chi connectivity index (χ1v) is 11.5. The number of hydrogen-bond acceptors (Lipinski definition) is 9. The van der Waals surface area contributed by atoms with Gasteiger partial charge in [-0.1, -0.05) is 20.8 Å². The number of aromatic nitrogens is 5. The summed E-state index contributed by atoms with van der Waals surface area (Å²) in [4.78, 5) is 33.3. The zero-order valence-electron chi connectivity index (χ0n) is 19.4. The van der Waals surface area contributed by atoms with E-state index >= 15 is 0 Å². The van der Waals surface area contributed by atoms with E-state index in [9.17, 15) is 4.79 Å². The van der Waals surface area contributed by atoms with E-state index in [4.69, 9.17) is 10.2 Å². The lowest BCUT2D eigenvalue weighted by Crippen LogP contribution is -2.54. The van der Waals surface area contributed by atoms with Gasteiger partial charge in [0.2, 0.25) is 23.6 Å². The number of piperazine rings is 1. The van der Waals surface area contributed by atoms with Crippen LogP contribution in [0.5, 0.6) is 0 Å². The van der Waals surface area contributed by atoms with Gasteiger partial charge in [0.25, 0.3) is 5.78 Å². The maximum Gasteiger partial charge on any atom is 0.259 e. The molecule has 0 radical (unpaired) electrons. The van der Waals surface area contributed by atoms with E-state index in [1.807, 2.05) is 9.80 Å². The number of nitrogen functional groups attached to an aromatic ring is 1. The Morgan fingerprint density at radius 2 is 1.94 bits per heavy atom. The lowest BCUT2D eigenvalue weighted by molar-refractivity contribution is -0.134. The smallest absolute Gasteiger partial charge is 0.259 e. The average molecular weight is 454 g/mol. The van der Waals surface area contributed by atoms with Gasteiger partial charge < -0.3 is 20.0 Å². The Morgan fingerprint density at radius 3 is 2.64 bits per heavy atom. The molecule has 0 saturated carbocycles. The summed E-state index contributed by atoms with van der Waals surface area (Å²) in [6.07, 6.45) is 3.24. The van der Waals surface area contributed by atoms with Crippen LogP contribution in [-0.4, -0.2) is 85.6 Å². The van der Waals surface area contributed by atoms with Crippen LogP contribution in [0, 0.1) is 5.41 Å². The number of furan rings is 1. The second kappa shape index (κ2) is 8.29. The molecule has 0 spiro atoms. The normalized spacial score (nSPS) is 20.2. The highest BCUT2D eigenvalue weighted by Gasteiger charge is 2.37. The number of nitrogens with two attached hydrogens (primary N) is 1. The maximum atomic E-state index is 13.4. The van der Waals surface area contributed by atoms with Gasteiger partial charge in [0.15, 0.2) is 5.76 Å². The molecule has 1 amide bonds. The van der Waals surface area contributed by atoms with E-state index in [0.29, 0.717) is 29.9 Å². The molecule has 2 saturated heterocycles. The van der Waals surface area contributed by atoms with Crippen LogP contribution in [0.15, 0.2) is 22.8 Å². The summed E-state index contributed by atoms with van der Waals surface area (Å²) in [7, 11) is 0. The first-order chi connectivity index (χ1) is 15.8. The van der Waals surface area contributed by atoms with Crippen LogP contribution in [0.3, 0.4) is 0 Å². The maximum absolute atomic E-state index is 13.4. The number of carbonyl (C=O) groups is 1. The van der Waals surface area contributed by atoms with Crippen LogP contribution < -0.4 is 10.6 Å². The lowest BCUT2D eigenvalue weighted by atomic mass is 9.96. The van der Waals surface area contributed by atoms with E-state index in [2.05, 4.69) is 45.7 Å². The van der Waals surface area contributed by atoms with Crippen molar-refractivity contribution in [2.24, 2.45) is 5.41 Å². The summed E-state index contributed by atoms with van der Waals surface area (Å²) in [5.74, 6) is 1.98. The highest BCUT2D eigenvalue weighted by molar-refractivity contribution is 5.85. The third-order valence-electron chi connectivity index (χ3n) is 6.14. The van der Waals surface area contributed by atoms with Gasteiger partial charge in [-0.2, -0.15) is 19.5 Å². The fraction of sp³-hybridized carbons (Fsp3) is 0.591. The highest BCUT2D eigenvalue weighted by Crippen LogP contribution is 2.26. The SMILES string of the molecule is CC(C)(C)CN1CCN(C(=O)[C@@H]2CCCN2c2nc(N)n3nc(-c4ccco4)nc3n2)CC1. The summed E-state index contributed by atoms with van der Waals surface area (Å²) in [6, 6.07) is 3.26. The highest BCUT2D eigenvalue weighted by atomic mass is 16.3. The molecular formula is C22H31N9O2. The molecule has 0 aromatic carbocycles. The van der Waals surface area contributed by atoms with Gasteiger partial charge in [0.1, 0.15) is 6.04 Å². The molecule has 3 aromatic heterocycles. The Balaban J connectivity index is 1.33. The molecule has 176 valence electrons. The minimum absolute atomic E-state index is 0.141. The van der Waals surface area contributed by atoms with Gasteiger partial charge in [-0.3, -0.25) is 9.69 Å². The lowest BCUT2D eigenvalue weighted by Gasteiger charge is -2.39. The van der Waals surface area contributed by atoms with Gasteiger partial charge in [0, 0.05) is 39.3 Å². The van der Waals surface area contributed by atoms with Crippen molar-refractivity contribution < 1.29 is 9.21 Å². The fourth-order valence-corrected chi connectivity index (χ4v) is 4.70. The van der Waals surface area contributed by atoms with Crippen LogP contribution in [0.1, 0.15) is 33.6 Å². The fourth-order valence-electron chi connectivity index (χ4n) is 4.70. The average Bonchev–Trinajstić information content (AvgIpc) is 3.52. The topological polar surface area (TPSA) is 122 Å². The number of fused-ring (bicyclic) bond motifs is 1. The number of anilines is 2. The zero-order valence-corrected chi connectivity index (χ0v) is 19.4. The van der Waals surface area contributed by atoms with E-state index in [-0.39, 0.29) is 23.3 Å². The standard InChI is InChI=1S/C22H31N9O2/c1-22(2,3)14-28-9-11-29(12-10-28)18(32)15-6-4-8-30(15)20-25-19(23)31-21(26-20)24-17(27-31)16-7-5-13-33-16/h5,7,13,15H,4,6,8-12,14H2,1-3H3,(H2,23,24,25,26,27)/t15-/m0/s1.